The number of rotatable bonds is 1. The second-order valence-electron chi connectivity index (χ2n) is 9.19. The van der Waals surface area contributed by atoms with Crippen molar-refractivity contribution < 1.29 is 14.6 Å². The van der Waals surface area contributed by atoms with Gasteiger partial charge in [-0.2, -0.15) is 0 Å². The summed E-state index contributed by atoms with van der Waals surface area (Å²) in [5, 5.41) is 19.3. The molecule has 6 atom stereocenters. The number of fused-ring (bicyclic) bond motifs is 5. The van der Waals surface area contributed by atoms with Crippen molar-refractivity contribution in [3.8, 4) is 0 Å². The summed E-state index contributed by atoms with van der Waals surface area (Å²) in [5.74, 6) is 1.60. The van der Waals surface area contributed by atoms with Gasteiger partial charge in [0, 0.05) is 0 Å². The standard InChI is InChI=1S/C21H31FO2/c1-20-9-7-14(24)11-13(20)3-4-15-16-5-6-18(19(22)12-23)21(16,2)10-8-17(15)20/h3,14-17,23-24H,4-12H2,1-2H3/t14?,15-,16-,17-,20-,21-/m0/s1. The highest BCUT2D eigenvalue weighted by Crippen LogP contribution is 2.66. The molecular weight excluding hydrogens is 303 g/mol. The first-order chi connectivity index (χ1) is 11.4. The molecule has 0 spiro atoms. The van der Waals surface area contributed by atoms with Gasteiger partial charge >= 0.3 is 0 Å². The summed E-state index contributed by atoms with van der Waals surface area (Å²) in [5.41, 5.74) is 2.59. The lowest BCUT2D eigenvalue weighted by atomic mass is 9.48. The van der Waals surface area contributed by atoms with E-state index in [2.05, 4.69) is 19.9 Å². The van der Waals surface area contributed by atoms with Gasteiger partial charge in [0.15, 0.2) is 0 Å². The molecule has 0 aliphatic heterocycles. The summed E-state index contributed by atoms with van der Waals surface area (Å²) in [6, 6.07) is 0. The fraction of sp³-hybridized carbons (Fsp3) is 0.810. The Balaban J connectivity index is 1.68. The van der Waals surface area contributed by atoms with E-state index in [0.29, 0.717) is 17.8 Å². The fourth-order valence-corrected chi connectivity index (χ4v) is 7.00. The van der Waals surface area contributed by atoms with Gasteiger partial charge in [0.2, 0.25) is 0 Å². The molecule has 0 heterocycles. The van der Waals surface area contributed by atoms with Crippen LogP contribution in [0.2, 0.25) is 0 Å². The van der Waals surface area contributed by atoms with Gasteiger partial charge in [0.1, 0.15) is 5.83 Å². The maximum atomic E-state index is 14.3. The summed E-state index contributed by atoms with van der Waals surface area (Å²) in [6.07, 6.45) is 10.3. The zero-order valence-electron chi connectivity index (χ0n) is 15.0. The molecule has 4 aliphatic rings. The Morgan fingerprint density at radius 2 is 1.88 bits per heavy atom. The van der Waals surface area contributed by atoms with E-state index in [-0.39, 0.29) is 22.8 Å². The summed E-state index contributed by atoms with van der Waals surface area (Å²) in [4.78, 5) is 0. The largest absolute Gasteiger partial charge is 0.393 e. The minimum atomic E-state index is -0.439. The Kier molecular flexibility index (Phi) is 3.96. The topological polar surface area (TPSA) is 40.5 Å². The van der Waals surface area contributed by atoms with Crippen molar-refractivity contribution in [3.63, 3.8) is 0 Å². The third kappa shape index (κ3) is 2.20. The van der Waals surface area contributed by atoms with Gasteiger partial charge in [-0.1, -0.05) is 25.5 Å². The molecule has 0 aromatic rings. The zero-order chi connectivity index (χ0) is 17.1. The molecule has 0 bridgehead atoms. The van der Waals surface area contributed by atoms with Gasteiger partial charge in [-0.3, -0.25) is 0 Å². The molecule has 3 fully saturated rings. The quantitative estimate of drug-likeness (QED) is 0.692. The van der Waals surface area contributed by atoms with Gasteiger partial charge < -0.3 is 10.2 Å². The molecular formula is C21H31FO2. The summed E-state index contributed by atoms with van der Waals surface area (Å²) < 4.78 is 14.3. The third-order valence-corrected chi connectivity index (χ3v) is 8.33. The van der Waals surface area contributed by atoms with Gasteiger partial charge in [0.25, 0.3) is 0 Å². The number of hydrogen-bond donors (Lipinski definition) is 2. The van der Waals surface area contributed by atoms with E-state index in [1.165, 1.54) is 5.57 Å². The second-order valence-corrected chi connectivity index (χ2v) is 9.19. The molecule has 0 amide bonds. The Hall–Kier alpha value is -0.670. The highest BCUT2D eigenvalue weighted by Gasteiger charge is 2.57. The van der Waals surface area contributed by atoms with Crippen molar-refractivity contribution in [3.05, 3.63) is 23.0 Å². The molecule has 1 unspecified atom stereocenters. The number of aliphatic hydroxyl groups excluding tert-OH is 2. The summed E-state index contributed by atoms with van der Waals surface area (Å²) >= 11 is 0. The van der Waals surface area contributed by atoms with Crippen LogP contribution in [-0.2, 0) is 0 Å². The van der Waals surface area contributed by atoms with Crippen LogP contribution in [0.5, 0.6) is 0 Å². The first-order valence-corrected chi connectivity index (χ1v) is 9.76. The molecule has 0 aromatic heterocycles. The van der Waals surface area contributed by atoms with E-state index in [0.717, 1.165) is 56.9 Å². The van der Waals surface area contributed by atoms with Gasteiger partial charge in [-0.25, -0.2) is 4.39 Å². The molecule has 0 radical (unpaired) electrons. The minimum Gasteiger partial charge on any atom is -0.393 e. The SMILES string of the molecule is C[C@]12CCC(O)CC1=CC[C@@H]1[C@@H]2CC[C@]2(C)C(=C(F)CO)CC[C@@H]12. The molecule has 3 saturated carbocycles. The number of halogens is 1. The maximum absolute atomic E-state index is 14.3. The number of hydrogen-bond acceptors (Lipinski definition) is 2. The van der Waals surface area contributed by atoms with Crippen LogP contribution in [0.25, 0.3) is 0 Å². The van der Waals surface area contributed by atoms with Crippen LogP contribution in [0.15, 0.2) is 23.0 Å². The molecule has 2 nitrogen and oxygen atoms in total. The van der Waals surface area contributed by atoms with Crippen LogP contribution in [0.3, 0.4) is 0 Å². The molecule has 134 valence electrons. The van der Waals surface area contributed by atoms with Crippen LogP contribution in [0.1, 0.15) is 65.2 Å². The lowest BCUT2D eigenvalue weighted by Crippen LogP contribution is -2.49. The van der Waals surface area contributed by atoms with Gasteiger partial charge in [0.05, 0.1) is 12.7 Å². The van der Waals surface area contributed by atoms with Crippen molar-refractivity contribution in [1.82, 2.24) is 0 Å². The minimum absolute atomic E-state index is 0.0517. The van der Waals surface area contributed by atoms with Gasteiger partial charge in [-0.15, -0.1) is 0 Å². The molecule has 3 heteroatoms. The molecule has 0 aromatic carbocycles. The van der Waals surface area contributed by atoms with Crippen molar-refractivity contribution >= 4 is 0 Å². The Morgan fingerprint density at radius 3 is 2.62 bits per heavy atom. The van der Waals surface area contributed by atoms with E-state index in [9.17, 15) is 14.6 Å². The smallest absolute Gasteiger partial charge is 0.125 e. The first kappa shape index (κ1) is 16.8. The number of aliphatic hydroxyl groups is 2. The molecule has 2 N–H and O–H groups in total. The average Bonchev–Trinajstić information content (AvgIpc) is 2.92. The van der Waals surface area contributed by atoms with Crippen LogP contribution >= 0.6 is 0 Å². The van der Waals surface area contributed by atoms with Crippen LogP contribution < -0.4 is 0 Å². The van der Waals surface area contributed by atoms with Crippen molar-refractivity contribution in [2.24, 2.45) is 28.6 Å². The summed E-state index contributed by atoms with van der Waals surface area (Å²) in [6.45, 7) is 4.23. The molecule has 24 heavy (non-hydrogen) atoms. The van der Waals surface area contributed by atoms with Crippen LogP contribution in [0, 0.1) is 28.6 Å². The molecule has 0 saturated heterocycles. The highest BCUT2D eigenvalue weighted by molar-refractivity contribution is 5.30. The van der Waals surface area contributed by atoms with E-state index >= 15 is 0 Å². The Bertz CT molecular complexity index is 595. The molecule has 4 rings (SSSR count). The Labute approximate surface area is 144 Å². The number of allylic oxidation sites excluding steroid dienone is 2. The highest BCUT2D eigenvalue weighted by atomic mass is 19.1. The predicted molar refractivity (Wildman–Crippen MR) is 92.9 cm³/mol. The summed E-state index contributed by atoms with van der Waals surface area (Å²) in [7, 11) is 0. The lowest BCUT2D eigenvalue weighted by Gasteiger charge is -2.57. The van der Waals surface area contributed by atoms with Crippen LogP contribution in [0.4, 0.5) is 4.39 Å². The average molecular weight is 334 g/mol. The fourth-order valence-electron chi connectivity index (χ4n) is 7.00. The van der Waals surface area contributed by atoms with Crippen molar-refractivity contribution in [2.75, 3.05) is 6.61 Å². The van der Waals surface area contributed by atoms with Crippen molar-refractivity contribution in [1.29, 1.82) is 0 Å². The lowest BCUT2D eigenvalue weighted by molar-refractivity contribution is -0.0274. The Morgan fingerprint density at radius 1 is 1.17 bits per heavy atom. The first-order valence-electron chi connectivity index (χ1n) is 9.76. The van der Waals surface area contributed by atoms with Gasteiger partial charge in [-0.05, 0) is 85.5 Å². The second kappa shape index (κ2) is 5.67. The van der Waals surface area contributed by atoms with Crippen LogP contribution in [-0.4, -0.2) is 22.9 Å². The normalized spacial score (nSPS) is 49.8. The van der Waals surface area contributed by atoms with Crippen molar-refractivity contribution in [2.45, 2.75) is 71.3 Å². The predicted octanol–water partition coefficient (Wildman–Crippen LogP) is 4.53. The van der Waals surface area contributed by atoms with E-state index in [4.69, 9.17) is 0 Å². The van der Waals surface area contributed by atoms with E-state index < -0.39 is 6.61 Å². The van der Waals surface area contributed by atoms with E-state index in [1.54, 1.807) is 0 Å². The van der Waals surface area contributed by atoms with E-state index in [1.807, 2.05) is 0 Å². The monoisotopic (exact) mass is 334 g/mol. The third-order valence-electron chi connectivity index (χ3n) is 8.33. The maximum Gasteiger partial charge on any atom is 0.125 e. The zero-order valence-corrected chi connectivity index (χ0v) is 15.0. The molecule has 4 aliphatic carbocycles.